The maximum absolute atomic E-state index is 13.3. The molecule has 1 heterocycles. The van der Waals surface area contributed by atoms with E-state index in [1.807, 2.05) is 48.9 Å². The Hall–Kier alpha value is -4.11. The average molecular weight is 491 g/mol. The smallest absolute Gasteiger partial charge is 0.261 e. The van der Waals surface area contributed by atoms with Crippen molar-refractivity contribution in [3.05, 3.63) is 108 Å². The summed E-state index contributed by atoms with van der Waals surface area (Å²) < 4.78 is 35.8. The van der Waals surface area contributed by atoms with Crippen LogP contribution < -0.4 is 14.8 Å². The predicted molar refractivity (Wildman–Crippen MR) is 134 cm³/mol. The van der Waals surface area contributed by atoms with Gasteiger partial charge < -0.3 is 14.6 Å². The second kappa shape index (κ2) is 10.0. The number of aryl methyl sites for hydroxylation is 2. The molecule has 180 valence electrons. The number of nitrogens with one attached hydrogen (secondary N) is 2. The largest absolute Gasteiger partial charge is 0.496 e. The van der Waals surface area contributed by atoms with E-state index in [1.165, 1.54) is 18.2 Å². The first kappa shape index (κ1) is 24.0. The van der Waals surface area contributed by atoms with Crippen molar-refractivity contribution in [3.63, 3.8) is 0 Å². The van der Waals surface area contributed by atoms with E-state index in [2.05, 4.69) is 15.0 Å². The van der Waals surface area contributed by atoms with E-state index >= 15 is 0 Å². The molecule has 0 bridgehead atoms. The van der Waals surface area contributed by atoms with E-state index < -0.39 is 22.0 Å². The maximum atomic E-state index is 13.3. The highest BCUT2D eigenvalue weighted by Crippen LogP contribution is 2.29. The molecule has 0 saturated heterocycles. The molecule has 2 N–H and O–H groups in total. The van der Waals surface area contributed by atoms with Gasteiger partial charge in [0.25, 0.3) is 15.9 Å². The number of anilines is 1. The van der Waals surface area contributed by atoms with Gasteiger partial charge in [-0.1, -0.05) is 42.0 Å². The lowest BCUT2D eigenvalue weighted by molar-refractivity contribution is 0.0940. The first-order chi connectivity index (χ1) is 16.8. The van der Waals surface area contributed by atoms with Crippen LogP contribution in [0.5, 0.6) is 5.75 Å². The summed E-state index contributed by atoms with van der Waals surface area (Å²) >= 11 is 0. The highest BCUT2D eigenvalue weighted by molar-refractivity contribution is 7.92. The van der Waals surface area contributed by atoms with Gasteiger partial charge in [0.15, 0.2) is 0 Å². The summed E-state index contributed by atoms with van der Waals surface area (Å²) in [5.41, 5.74) is 2.38. The van der Waals surface area contributed by atoms with Gasteiger partial charge in [-0.3, -0.25) is 9.52 Å². The number of amides is 1. The summed E-state index contributed by atoms with van der Waals surface area (Å²) in [6.07, 6.45) is 3.43. The molecular weight excluding hydrogens is 464 g/mol. The van der Waals surface area contributed by atoms with Gasteiger partial charge >= 0.3 is 0 Å². The van der Waals surface area contributed by atoms with Gasteiger partial charge in [-0.2, -0.15) is 0 Å². The monoisotopic (exact) mass is 490 g/mol. The number of methoxy groups -OCH3 is 1. The number of carbonyl (C=O) groups is 1. The minimum Gasteiger partial charge on any atom is -0.496 e. The number of nitrogens with zero attached hydrogens (tertiary/aromatic N) is 2. The third-order valence-electron chi connectivity index (χ3n) is 5.55. The first-order valence-corrected chi connectivity index (χ1v) is 12.4. The van der Waals surface area contributed by atoms with E-state index in [9.17, 15) is 13.2 Å². The van der Waals surface area contributed by atoms with Crippen LogP contribution in [-0.4, -0.2) is 31.0 Å². The Morgan fingerprint density at radius 3 is 2.46 bits per heavy atom. The Bertz CT molecular complexity index is 1450. The molecule has 0 radical (unpaired) electrons. The van der Waals surface area contributed by atoms with Crippen molar-refractivity contribution >= 4 is 21.6 Å². The fraction of sp³-hybridized carbons (Fsp3) is 0.154. The SMILES string of the molecule is COc1ccccc1C(NC(=O)c1cccc(S(=O)(=O)Nc2ccc(C)cc2)c1)c1nccn1C. The normalized spacial score (nSPS) is 12.1. The zero-order chi connectivity index (χ0) is 25.0. The Balaban J connectivity index is 1.64. The molecule has 1 atom stereocenters. The number of hydrogen-bond acceptors (Lipinski definition) is 5. The molecule has 8 nitrogen and oxygen atoms in total. The fourth-order valence-corrected chi connectivity index (χ4v) is 4.80. The molecule has 4 rings (SSSR count). The number of carbonyl (C=O) groups excluding carboxylic acids is 1. The van der Waals surface area contributed by atoms with E-state index in [0.29, 0.717) is 17.3 Å². The quantitative estimate of drug-likeness (QED) is 0.388. The Morgan fingerprint density at radius 2 is 1.77 bits per heavy atom. The van der Waals surface area contributed by atoms with Gasteiger partial charge in [0.1, 0.15) is 17.6 Å². The second-order valence-electron chi connectivity index (χ2n) is 8.04. The number of imidazole rings is 1. The molecule has 9 heteroatoms. The lowest BCUT2D eigenvalue weighted by Gasteiger charge is -2.21. The number of benzene rings is 3. The Kier molecular flexibility index (Phi) is 6.88. The molecule has 1 aromatic heterocycles. The molecule has 1 amide bonds. The third-order valence-corrected chi connectivity index (χ3v) is 6.93. The zero-order valence-electron chi connectivity index (χ0n) is 19.6. The lowest BCUT2D eigenvalue weighted by Crippen LogP contribution is -2.31. The molecule has 0 aliphatic rings. The Morgan fingerprint density at radius 1 is 1.03 bits per heavy atom. The Labute approximate surface area is 204 Å². The molecule has 1 unspecified atom stereocenters. The van der Waals surface area contributed by atoms with Crippen LogP contribution in [-0.2, 0) is 17.1 Å². The van der Waals surface area contributed by atoms with Crippen LogP contribution in [0.15, 0.2) is 90.1 Å². The molecule has 4 aromatic rings. The summed E-state index contributed by atoms with van der Waals surface area (Å²) in [4.78, 5) is 17.7. The van der Waals surface area contributed by atoms with Crippen LogP contribution in [0.25, 0.3) is 0 Å². The number of sulfonamides is 1. The molecule has 0 aliphatic carbocycles. The molecule has 0 fully saturated rings. The third kappa shape index (κ3) is 5.36. The summed E-state index contributed by atoms with van der Waals surface area (Å²) in [5, 5.41) is 2.98. The summed E-state index contributed by atoms with van der Waals surface area (Å²) in [6, 6.07) is 19.6. The minimum atomic E-state index is -3.89. The van der Waals surface area contributed by atoms with Crippen LogP contribution >= 0.6 is 0 Å². The summed E-state index contributed by atoms with van der Waals surface area (Å²) in [5.74, 6) is 0.753. The maximum Gasteiger partial charge on any atom is 0.261 e. The molecule has 0 saturated carbocycles. The average Bonchev–Trinajstić information content (AvgIpc) is 3.29. The molecule has 0 aliphatic heterocycles. The van der Waals surface area contributed by atoms with Crippen molar-refractivity contribution in [2.24, 2.45) is 7.05 Å². The highest BCUT2D eigenvalue weighted by atomic mass is 32.2. The number of aromatic nitrogens is 2. The second-order valence-corrected chi connectivity index (χ2v) is 9.73. The van der Waals surface area contributed by atoms with Crippen molar-refractivity contribution < 1.29 is 17.9 Å². The molecular formula is C26H26N4O4S. The van der Waals surface area contributed by atoms with Crippen LogP contribution in [0.4, 0.5) is 5.69 Å². The van der Waals surface area contributed by atoms with E-state index in [1.54, 1.807) is 43.8 Å². The van der Waals surface area contributed by atoms with Gasteiger partial charge in [0.05, 0.1) is 12.0 Å². The number of hydrogen-bond donors (Lipinski definition) is 2. The fourth-order valence-electron chi connectivity index (χ4n) is 3.70. The van der Waals surface area contributed by atoms with Crippen LogP contribution in [0.2, 0.25) is 0 Å². The molecule has 3 aromatic carbocycles. The van der Waals surface area contributed by atoms with Crippen molar-refractivity contribution in [1.82, 2.24) is 14.9 Å². The van der Waals surface area contributed by atoms with Crippen molar-refractivity contribution in [3.8, 4) is 5.75 Å². The highest BCUT2D eigenvalue weighted by Gasteiger charge is 2.25. The molecule has 35 heavy (non-hydrogen) atoms. The zero-order valence-corrected chi connectivity index (χ0v) is 20.4. The number of rotatable bonds is 8. The van der Waals surface area contributed by atoms with Gasteiger partial charge in [0.2, 0.25) is 0 Å². The summed E-state index contributed by atoms with van der Waals surface area (Å²) in [7, 11) is -0.495. The molecule has 0 spiro atoms. The number of para-hydroxylation sites is 1. The standard InChI is InChI=1S/C26H26N4O4S/c1-18-11-13-20(14-12-18)29-35(32,33)21-8-6-7-19(17-21)26(31)28-24(25-27-15-16-30(25)2)22-9-4-5-10-23(22)34-3/h4-17,24,29H,1-3H3,(H,28,31). The van der Waals surface area contributed by atoms with E-state index in [-0.39, 0.29) is 10.5 Å². The van der Waals surface area contributed by atoms with Crippen molar-refractivity contribution in [2.45, 2.75) is 17.9 Å². The van der Waals surface area contributed by atoms with Gasteiger partial charge in [-0.15, -0.1) is 0 Å². The van der Waals surface area contributed by atoms with E-state index in [4.69, 9.17) is 4.74 Å². The van der Waals surface area contributed by atoms with Gasteiger partial charge in [-0.25, -0.2) is 13.4 Å². The number of ether oxygens (including phenoxy) is 1. The van der Waals surface area contributed by atoms with Gasteiger partial charge in [-0.05, 0) is 43.3 Å². The topological polar surface area (TPSA) is 102 Å². The van der Waals surface area contributed by atoms with Crippen molar-refractivity contribution in [2.75, 3.05) is 11.8 Å². The van der Waals surface area contributed by atoms with Crippen LogP contribution in [0, 0.1) is 6.92 Å². The summed E-state index contributed by atoms with van der Waals surface area (Å²) in [6.45, 7) is 1.92. The van der Waals surface area contributed by atoms with Crippen molar-refractivity contribution in [1.29, 1.82) is 0 Å². The van der Waals surface area contributed by atoms with E-state index in [0.717, 1.165) is 11.1 Å². The van der Waals surface area contributed by atoms with Crippen LogP contribution in [0.3, 0.4) is 0 Å². The first-order valence-electron chi connectivity index (χ1n) is 10.9. The van der Waals surface area contributed by atoms with Crippen LogP contribution in [0.1, 0.15) is 33.4 Å². The predicted octanol–water partition coefficient (Wildman–Crippen LogP) is 4.06. The lowest BCUT2D eigenvalue weighted by atomic mass is 10.0. The minimum absolute atomic E-state index is 0.0171. The van der Waals surface area contributed by atoms with Gasteiger partial charge in [0, 0.05) is 36.3 Å².